The van der Waals surface area contributed by atoms with Crippen LogP contribution in [0.5, 0.6) is 0 Å². The Bertz CT molecular complexity index is 317. The van der Waals surface area contributed by atoms with Crippen LogP contribution in [-0.4, -0.2) is 31.8 Å². The lowest BCUT2D eigenvalue weighted by Crippen LogP contribution is -2.11. The van der Waals surface area contributed by atoms with E-state index in [1.165, 1.54) is 0 Å². The zero-order chi connectivity index (χ0) is 13.1. The van der Waals surface area contributed by atoms with Gasteiger partial charge in [0.2, 0.25) is 0 Å². The van der Waals surface area contributed by atoms with Crippen molar-refractivity contribution in [1.82, 2.24) is 0 Å². The summed E-state index contributed by atoms with van der Waals surface area (Å²) in [5, 5.41) is 0. The van der Waals surface area contributed by atoms with Gasteiger partial charge in [-0.25, -0.2) is 9.59 Å². The van der Waals surface area contributed by atoms with Crippen LogP contribution in [0.1, 0.15) is 6.92 Å². The number of hydrogen-bond acceptors (Lipinski definition) is 5. The van der Waals surface area contributed by atoms with Crippen LogP contribution in [0.4, 0.5) is 0 Å². The van der Waals surface area contributed by atoms with Crippen molar-refractivity contribution in [1.29, 1.82) is 0 Å². The fourth-order valence-corrected chi connectivity index (χ4v) is 0.775. The summed E-state index contributed by atoms with van der Waals surface area (Å²) in [6, 6.07) is 0. The van der Waals surface area contributed by atoms with Crippen LogP contribution >= 0.6 is 0 Å². The summed E-state index contributed by atoms with van der Waals surface area (Å²) in [5.74, 6) is -0.664. The molecule has 0 atom stereocenters. The molecular formula is C12H16O5. The summed E-state index contributed by atoms with van der Waals surface area (Å²) in [4.78, 5) is 21.5. The molecule has 94 valence electrons. The summed E-state index contributed by atoms with van der Waals surface area (Å²) < 4.78 is 14.7. The molecule has 0 aromatic carbocycles. The number of allylic oxidation sites excluding steroid dienone is 1. The van der Waals surface area contributed by atoms with Crippen molar-refractivity contribution in [2.75, 3.05) is 19.8 Å². The molecule has 0 rings (SSSR count). The Labute approximate surface area is 100 Å². The molecule has 0 saturated heterocycles. The summed E-state index contributed by atoms with van der Waals surface area (Å²) in [6.07, 6.45) is 3.75. The summed E-state index contributed by atoms with van der Waals surface area (Å²) in [5.41, 5.74) is 0. The molecule has 0 aromatic heterocycles. The number of carbonyl (C=O) groups excluding carboxylic acids is 2. The third-order valence-electron chi connectivity index (χ3n) is 1.60. The zero-order valence-corrected chi connectivity index (χ0v) is 9.81. The van der Waals surface area contributed by atoms with Gasteiger partial charge in [-0.3, -0.25) is 0 Å². The smallest absolute Gasteiger partial charge is 0.335 e. The number of hydrogen-bond donors (Lipinski definition) is 0. The van der Waals surface area contributed by atoms with Gasteiger partial charge in [-0.05, 0) is 13.0 Å². The molecule has 0 saturated carbocycles. The molecule has 0 fully saturated rings. The second kappa shape index (κ2) is 9.35. The molecule has 0 bridgehead atoms. The minimum absolute atomic E-state index is 0.122. The normalized spacial score (nSPS) is 10.5. The second-order valence-electron chi connectivity index (χ2n) is 2.80. The van der Waals surface area contributed by atoms with Gasteiger partial charge in [-0.15, -0.1) is 0 Å². The van der Waals surface area contributed by atoms with Crippen LogP contribution in [0, 0.1) is 0 Å². The number of rotatable bonds is 8. The maximum absolute atomic E-state index is 10.9. The van der Waals surface area contributed by atoms with Crippen molar-refractivity contribution in [2.24, 2.45) is 0 Å². The van der Waals surface area contributed by atoms with Crippen molar-refractivity contribution in [3.8, 4) is 0 Å². The first-order valence-electron chi connectivity index (χ1n) is 5.00. The number of esters is 2. The Hall–Kier alpha value is -1.88. The monoisotopic (exact) mass is 240 g/mol. The van der Waals surface area contributed by atoms with Crippen LogP contribution < -0.4 is 0 Å². The van der Waals surface area contributed by atoms with Gasteiger partial charge in [0.25, 0.3) is 0 Å². The highest BCUT2D eigenvalue weighted by atomic mass is 16.6. The van der Waals surface area contributed by atoms with Gasteiger partial charge in [0.05, 0.1) is 6.61 Å². The molecule has 0 amide bonds. The average molecular weight is 240 g/mol. The van der Waals surface area contributed by atoms with E-state index in [0.717, 1.165) is 12.2 Å². The Morgan fingerprint density at radius 3 is 2.29 bits per heavy atom. The third kappa shape index (κ3) is 7.98. The molecule has 0 aliphatic rings. The van der Waals surface area contributed by atoms with Crippen LogP contribution in [-0.2, 0) is 23.8 Å². The quantitative estimate of drug-likeness (QED) is 0.277. The molecule has 5 heteroatoms. The minimum Gasteiger partial charge on any atom is -0.460 e. The van der Waals surface area contributed by atoms with Crippen molar-refractivity contribution in [3.63, 3.8) is 0 Å². The molecule has 0 radical (unpaired) electrons. The highest BCUT2D eigenvalue weighted by Gasteiger charge is 2.03. The molecule has 0 heterocycles. The first-order chi connectivity index (χ1) is 8.13. The van der Waals surface area contributed by atoms with Crippen molar-refractivity contribution < 1.29 is 23.8 Å². The lowest BCUT2D eigenvalue weighted by Gasteiger charge is -2.07. The summed E-state index contributed by atoms with van der Waals surface area (Å²) in [6.45, 7) is 8.70. The standard InChI is InChI=1S/C12H16O5/c1-4-10(17-12(14)6-3)9-15-7-8-16-11(13)5-2/h4-6H,2-3,7-9H2,1H3. The van der Waals surface area contributed by atoms with Crippen molar-refractivity contribution in [3.05, 3.63) is 37.1 Å². The van der Waals surface area contributed by atoms with Gasteiger partial charge < -0.3 is 14.2 Å². The minimum atomic E-state index is -0.542. The zero-order valence-electron chi connectivity index (χ0n) is 9.81. The van der Waals surface area contributed by atoms with Gasteiger partial charge in [0.15, 0.2) is 0 Å². The fourth-order valence-electron chi connectivity index (χ4n) is 0.775. The topological polar surface area (TPSA) is 61.8 Å². The molecule has 5 nitrogen and oxygen atoms in total. The van der Waals surface area contributed by atoms with Gasteiger partial charge in [0.1, 0.15) is 19.0 Å². The van der Waals surface area contributed by atoms with E-state index in [9.17, 15) is 9.59 Å². The van der Waals surface area contributed by atoms with Crippen LogP contribution in [0.25, 0.3) is 0 Å². The predicted molar refractivity (Wildman–Crippen MR) is 62.0 cm³/mol. The SMILES string of the molecule is C=CC(=O)OCCOCC(=CC)OC(=O)C=C. The van der Waals surface area contributed by atoms with E-state index >= 15 is 0 Å². The van der Waals surface area contributed by atoms with E-state index in [1.54, 1.807) is 13.0 Å². The van der Waals surface area contributed by atoms with Gasteiger partial charge in [-0.1, -0.05) is 13.2 Å². The molecule has 0 unspecified atom stereocenters. The van der Waals surface area contributed by atoms with E-state index in [1.807, 2.05) is 0 Å². The molecule has 17 heavy (non-hydrogen) atoms. The van der Waals surface area contributed by atoms with E-state index in [0.29, 0.717) is 5.76 Å². The maximum Gasteiger partial charge on any atom is 0.335 e. The predicted octanol–water partition coefficient (Wildman–Crippen LogP) is 1.37. The van der Waals surface area contributed by atoms with E-state index in [4.69, 9.17) is 9.47 Å². The molecular weight excluding hydrogens is 224 g/mol. The maximum atomic E-state index is 10.9. The molecule has 0 N–H and O–H groups in total. The van der Waals surface area contributed by atoms with Crippen LogP contribution in [0.2, 0.25) is 0 Å². The Morgan fingerprint density at radius 1 is 1.12 bits per heavy atom. The van der Waals surface area contributed by atoms with Gasteiger partial charge in [0, 0.05) is 12.2 Å². The average Bonchev–Trinajstić information content (AvgIpc) is 2.36. The van der Waals surface area contributed by atoms with E-state index in [-0.39, 0.29) is 19.8 Å². The third-order valence-corrected chi connectivity index (χ3v) is 1.60. The first-order valence-corrected chi connectivity index (χ1v) is 5.00. The molecule has 0 aliphatic heterocycles. The van der Waals surface area contributed by atoms with Crippen LogP contribution in [0.15, 0.2) is 37.1 Å². The summed E-state index contributed by atoms with van der Waals surface area (Å²) in [7, 11) is 0. The molecule has 0 aliphatic carbocycles. The molecule has 0 aromatic rings. The Morgan fingerprint density at radius 2 is 1.76 bits per heavy atom. The number of carbonyl (C=O) groups is 2. The Balaban J connectivity index is 3.71. The molecule has 0 spiro atoms. The van der Waals surface area contributed by atoms with E-state index < -0.39 is 11.9 Å². The van der Waals surface area contributed by atoms with Crippen molar-refractivity contribution >= 4 is 11.9 Å². The fraction of sp³-hybridized carbons (Fsp3) is 0.333. The highest BCUT2D eigenvalue weighted by molar-refractivity contribution is 5.82. The van der Waals surface area contributed by atoms with Crippen LogP contribution in [0.3, 0.4) is 0 Å². The van der Waals surface area contributed by atoms with Gasteiger partial charge >= 0.3 is 11.9 Å². The number of ether oxygens (including phenoxy) is 3. The highest BCUT2D eigenvalue weighted by Crippen LogP contribution is 1.99. The van der Waals surface area contributed by atoms with Crippen molar-refractivity contribution in [2.45, 2.75) is 6.92 Å². The lowest BCUT2D eigenvalue weighted by molar-refractivity contribution is -0.139. The second-order valence-corrected chi connectivity index (χ2v) is 2.80. The summed E-state index contributed by atoms with van der Waals surface area (Å²) >= 11 is 0. The Kier molecular flexibility index (Phi) is 8.32. The van der Waals surface area contributed by atoms with Gasteiger partial charge in [-0.2, -0.15) is 0 Å². The largest absolute Gasteiger partial charge is 0.460 e. The lowest BCUT2D eigenvalue weighted by atomic mass is 10.5. The first kappa shape index (κ1) is 15.1. The van der Waals surface area contributed by atoms with E-state index in [2.05, 4.69) is 17.9 Å².